The smallest absolute Gasteiger partial charge is 0.238 e. The molecular weight excluding hydrogens is 216 g/mol. The van der Waals surface area contributed by atoms with E-state index in [0.29, 0.717) is 13.0 Å². The Morgan fingerprint density at radius 3 is 2.65 bits per heavy atom. The summed E-state index contributed by atoms with van der Waals surface area (Å²) in [6.45, 7) is 4.57. The van der Waals surface area contributed by atoms with Crippen LogP contribution in [0.25, 0.3) is 0 Å². The van der Waals surface area contributed by atoms with Crippen LogP contribution in [0.5, 0.6) is 0 Å². The molecule has 0 saturated heterocycles. The summed E-state index contributed by atoms with van der Waals surface area (Å²) < 4.78 is 0. The van der Waals surface area contributed by atoms with E-state index in [2.05, 4.69) is 17.2 Å². The molecule has 0 atom stereocenters. The fourth-order valence-electron chi connectivity index (χ4n) is 1.38. The van der Waals surface area contributed by atoms with Gasteiger partial charge in [-0.1, -0.05) is 18.2 Å². The third kappa shape index (κ3) is 5.29. The standard InChI is InChI=1S/C13H18N2O2/c1-2-8-14-10-13(17)15-12-5-3-11(4-6-12)7-9-16/h2-6,14,16H,1,7-10H2,(H,15,17). The van der Waals surface area contributed by atoms with Crippen LogP contribution < -0.4 is 10.6 Å². The lowest BCUT2D eigenvalue weighted by molar-refractivity contribution is -0.115. The zero-order valence-corrected chi connectivity index (χ0v) is 9.78. The lowest BCUT2D eigenvalue weighted by Crippen LogP contribution is -2.28. The molecule has 3 N–H and O–H groups in total. The lowest BCUT2D eigenvalue weighted by atomic mass is 10.1. The van der Waals surface area contributed by atoms with Gasteiger partial charge in [-0.3, -0.25) is 4.79 Å². The van der Waals surface area contributed by atoms with E-state index in [0.717, 1.165) is 11.3 Å². The molecule has 0 heterocycles. The van der Waals surface area contributed by atoms with Crippen molar-refractivity contribution < 1.29 is 9.90 Å². The van der Waals surface area contributed by atoms with Gasteiger partial charge in [0.05, 0.1) is 6.54 Å². The number of hydrogen-bond donors (Lipinski definition) is 3. The number of aliphatic hydroxyl groups excluding tert-OH is 1. The van der Waals surface area contributed by atoms with Gasteiger partial charge in [0.1, 0.15) is 0 Å². The van der Waals surface area contributed by atoms with E-state index in [9.17, 15) is 4.79 Å². The average Bonchev–Trinajstić information content (AvgIpc) is 2.32. The van der Waals surface area contributed by atoms with Gasteiger partial charge in [0.15, 0.2) is 0 Å². The van der Waals surface area contributed by atoms with Crippen molar-refractivity contribution in [3.8, 4) is 0 Å². The van der Waals surface area contributed by atoms with Crippen molar-refractivity contribution in [1.82, 2.24) is 5.32 Å². The van der Waals surface area contributed by atoms with Crippen LogP contribution in [0.2, 0.25) is 0 Å². The minimum Gasteiger partial charge on any atom is -0.396 e. The predicted octanol–water partition coefficient (Wildman–Crippen LogP) is 0.935. The lowest BCUT2D eigenvalue weighted by Gasteiger charge is -2.06. The number of carbonyl (C=O) groups is 1. The summed E-state index contributed by atoms with van der Waals surface area (Å²) in [6, 6.07) is 7.44. The normalized spacial score (nSPS) is 9.94. The summed E-state index contributed by atoms with van der Waals surface area (Å²) in [5.41, 5.74) is 1.81. The summed E-state index contributed by atoms with van der Waals surface area (Å²) in [6.07, 6.45) is 2.34. The SMILES string of the molecule is C=CCNCC(=O)Nc1ccc(CCO)cc1. The molecule has 4 nitrogen and oxygen atoms in total. The number of amides is 1. The minimum absolute atomic E-state index is 0.0817. The van der Waals surface area contributed by atoms with Gasteiger partial charge in [0, 0.05) is 18.8 Å². The van der Waals surface area contributed by atoms with Crippen LogP contribution in [-0.2, 0) is 11.2 Å². The Bertz CT molecular complexity index is 360. The van der Waals surface area contributed by atoms with E-state index in [1.54, 1.807) is 6.08 Å². The third-order valence-corrected chi connectivity index (χ3v) is 2.21. The van der Waals surface area contributed by atoms with Gasteiger partial charge in [-0.05, 0) is 24.1 Å². The largest absolute Gasteiger partial charge is 0.396 e. The molecule has 0 aromatic heterocycles. The highest BCUT2D eigenvalue weighted by Crippen LogP contribution is 2.09. The van der Waals surface area contributed by atoms with Crippen LogP contribution in [0.15, 0.2) is 36.9 Å². The highest BCUT2D eigenvalue weighted by atomic mass is 16.2. The number of rotatable bonds is 7. The van der Waals surface area contributed by atoms with Gasteiger partial charge in [-0.15, -0.1) is 6.58 Å². The van der Waals surface area contributed by atoms with Crippen LogP contribution in [-0.4, -0.2) is 30.7 Å². The first-order valence-corrected chi connectivity index (χ1v) is 5.57. The average molecular weight is 234 g/mol. The number of anilines is 1. The highest BCUT2D eigenvalue weighted by Gasteiger charge is 2.00. The van der Waals surface area contributed by atoms with Crippen molar-refractivity contribution >= 4 is 11.6 Å². The van der Waals surface area contributed by atoms with Crippen molar-refractivity contribution in [3.63, 3.8) is 0 Å². The second-order valence-corrected chi connectivity index (χ2v) is 3.64. The number of nitrogens with one attached hydrogen (secondary N) is 2. The molecule has 1 aromatic carbocycles. The first kappa shape index (κ1) is 13.4. The van der Waals surface area contributed by atoms with Gasteiger partial charge >= 0.3 is 0 Å². The summed E-state index contributed by atoms with van der Waals surface area (Å²) in [5.74, 6) is -0.0817. The number of aliphatic hydroxyl groups is 1. The number of benzene rings is 1. The third-order valence-electron chi connectivity index (χ3n) is 2.21. The Kier molecular flexibility index (Phi) is 5.99. The Morgan fingerprint density at radius 2 is 2.06 bits per heavy atom. The second-order valence-electron chi connectivity index (χ2n) is 3.64. The van der Waals surface area contributed by atoms with Crippen LogP contribution in [0.1, 0.15) is 5.56 Å². The minimum atomic E-state index is -0.0817. The maximum Gasteiger partial charge on any atom is 0.238 e. The Hall–Kier alpha value is -1.65. The summed E-state index contributed by atoms with van der Waals surface area (Å²) >= 11 is 0. The first-order valence-electron chi connectivity index (χ1n) is 5.57. The molecule has 4 heteroatoms. The predicted molar refractivity (Wildman–Crippen MR) is 68.9 cm³/mol. The molecule has 0 saturated carbocycles. The zero-order chi connectivity index (χ0) is 12.5. The quantitative estimate of drug-likeness (QED) is 0.486. The summed E-state index contributed by atoms with van der Waals surface area (Å²) in [7, 11) is 0. The van der Waals surface area contributed by atoms with Crippen molar-refractivity contribution in [3.05, 3.63) is 42.5 Å². The van der Waals surface area contributed by atoms with Gasteiger partial charge in [-0.25, -0.2) is 0 Å². The molecule has 1 amide bonds. The number of carbonyl (C=O) groups excluding carboxylic acids is 1. The molecule has 1 aromatic rings. The Morgan fingerprint density at radius 1 is 1.35 bits per heavy atom. The fourth-order valence-corrected chi connectivity index (χ4v) is 1.38. The molecular formula is C13H18N2O2. The molecule has 0 aliphatic rings. The van der Waals surface area contributed by atoms with Crippen molar-refractivity contribution in [2.75, 3.05) is 25.0 Å². The zero-order valence-electron chi connectivity index (χ0n) is 9.78. The molecule has 0 unspecified atom stereocenters. The van der Waals surface area contributed by atoms with Gasteiger partial charge in [0.2, 0.25) is 5.91 Å². The maximum atomic E-state index is 11.5. The molecule has 1 rings (SSSR count). The maximum absolute atomic E-state index is 11.5. The Labute approximate surface area is 101 Å². The monoisotopic (exact) mass is 234 g/mol. The van der Waals surface area contributed by atoms with E-state index in [-0.39, 0.29) is 19.1 Å². The first-order chi connectivity index (χ1) is 8.26. The molecule has 0 spiro atoms. The van der Waals surface area contributed by atoms with Crippen molar-refractivity contribution in [2.45, 2.75) is 6.42 Å². The second kappa shape index (κ2) is 7.60. The van der Waals surface area contributed by atoms with Crippen LogP contribution in [0.3, 0.4) is 0 Å². The highest BCUT2D eigenvalue weighted by molar-refractivity contribution is 5.92. The topological polar surface area (TPSA) is 61.4 Å². The molecule has 0 radical (unpaired) electrons. The molecule has 17 heavy (non-hydrogen) atoms. The van der Waals surface area contributed by atoms with Crippen LogP contribution in [0, 0.1) is 0 Å². The summed E-state index contributed by atoms with van der Waals surface area (Å²) in [4.78, 5) is 11.5. The van der Waals surface area contributed by atoms with E-state index < -0.39 is 0 Å². The fraction of sp³-hybridized carbons (Fsp3) is 0.308. The van der Waals surface area contributed by atoms with E-state index in [1.807, 2.05) is 24.3 Å². The van der Waals surface area contributed by atoms with Gasteiger partial charge < -0.3 is 15.7 Å². The van der Waals surface area contributed by atoms with Crippen molar-refractivity contribution in [1.29, 1.82) is 0 Å². The van der Waals surface area contributed by atoms with Crippen LogP contribution >= 0.6 is 0 Å². The number of hydrogen-bond acceptors (Lipinski definition) is 3. The molecule has 92 valence electrons. The molecule has 0 aliphatic heterocycles. The molecule has 0 bridgehead atoms. The van der Waals surface area contributed by atoms with Gasteiger partial charge in [-0.2, -0.15) is 0 Å². The van der Waals surface area contributed by atoms with E-state index in [1.165, 1.54) is 0 Å². The molecule has 0 aliphatic carbocycles. The van der Waals surface area contributed by atoms with Gasteiger partial charge in [0.25, 0.3) is 0 Å². The summed E-state index contributed by atoms with van der Waals surface area (Å²) in [5, 5.41) is 14.5. The van der Waals surface area contributed by atoms with E-state index in [4.69, 9.17) is 5.11 Å². The Balaban J connectivity index is 2.40. The molecule has 0 fully saturated rings. The van der Waals surface area contributed by atoms with E-state index >= 15 is 0 Å². The van der Waals surface area contributed by atoms with Crippen molar-refractivity contribution in [2.24, 2.45) is 0 Å². The van der Waals surface area contributed by atoms with Crippen LogP contribution in [0.4, 0.5) is 5.69 Å².